The molecule has 2 N–H and O–H groups in total. The zero-order chi connectivity index (χ0) is 29.5. The molecule has 41 heavy (non-hydrogen) atoms. The highest BCUT2D eigenvalue weighted by atomic mass is 32.1. The maximum Gasteiger partial charge on any atom is 0.269 e. The van der Waals surface area contributed by atoms with Gasteiger partial charge in [-0.25, -0.2) is 0 Å². The first-order valence-electron chi connectivity index (χ1n) is 13.1. The maximum absolute atomic E-state index is 14.3. The SMILES string of the molecule is CC(C)(C)c1ccc(C2C(C(=O)c3cccs3)C(c3cccc([N+](=O)[O-])c3)N(C(=O)c3cccs3)C2C(N)=O)cc1. The van der Waals surface area contributed by atoms with Gasteiger partial charge in [0.25, 0.3) is 11.6 Å². The summed E-state index contributed by atoms with van der Waals surface area (Å²) in [5.74, 6) is -3.19. The lowest BCUT2D eigenvalue weighted by Crippen LogP contribution is -2.46. The summed E-state index contributed by atoms with van der Waals surface area (Å²) >= 11 is 2.48. The van der Waals surface area contributed by atoms with Crippen LogP contribution in [0, 0.1) is 16.0 Å². The first kappa shape index (κ1) is 28.4. The van der Waals surface area contributed by atoms with E-state index >= 15 is 0 Å². The zero-order valence-corrected chi connectivity index (χ0v) is 24.4. The third-order valence-corrected chi connectivity index (χ3v) is 9.32. The number of hydrogen-bond donors (Lipinski definition) is 1. The molecule has 1 aliphatic rings. The summed E-state index contributed by atoms with van der Waals surface area (Å²) in [6.07, 6.45) is 0. The van der Waals surface area contributed by atoms with E-state index in [9.17, 15) is 24.5 Å². The molecule has 1 fully saturated rings. The Labute approximate surface area is 245 Å². The quantitative estimate of drug-likeness (QED) is 0.153. The van der Waals surface area contributed by atoms with Gasteiger partial charge in [-0.1, -0.05) is 69.3 Å². The monoisotopic (exact) mass is 587 g/mol. The van der Waals surface area contributed by atoms with E-state index in [0.717, 1.165) is 5.56 Å². The Morgan fingerprint density at radius 2 is 1.51 bits per heavy atom. The number of nitrogens with two attached hydrogens (primary N) is 1. The Morgan fingerprint density at radius 3 is 2.05 bits per heavy atom. The molecule has 4 atom stereocenters. The van der Waals surface area contributed by atoms with Gasteiger partial charge in [-0.2, -0.15) is 0 Å². The average molecular weight is 588 g/mol. The first-order chi connectivity index (χ1) is 19.5. The predicted octanol–water partition coefficient (Wildman–Crippen LogP) is 6.35. The highest BCUT2D eigenvalue weighted by molar-refractivity contribution is 7.12. The topological polar surface area (TPSA) is 124 Å². The van der Waals surface area contributed by atoms with Gasteiger partial charge in [-0.05, 0) is 45.0 Å². The molecule has 5 rings (SSSR count). The molecule has 3 heterocycles. The van der Waals surface area contributed by atoms with Gasteiger partial charge in [0.2, 0.25) is 5.91 Å². The highest BCUT2D eigenvalue weighted by Crippen LogP contribution is 2.52. The number of hydrogen-bond acceptors (Lipinski definition) is 7. The van der Waals surface area contributed by atoms with E-state index in [-0.39, 0.29) is 16.9 Å². The Hall–Kier alpha value is -4.15. The van der Waals surface area contributed by atoms with Gasteiger partial charge >= 0.3 is 0 Å². The van der Waals surface area contributed by atoms with Gasteiger partial charge in [0.05, 0.1) is 26.6 Å². The summed E-state index contributed by atoms with van der Waals surface area (Å²) in [5, 5.41) is 15.3. The Kier molecular flexibility index (Phi) is 7.63. The van der Waals surface area contributed by atoms with Gasteiger partial charge in [0.15, 0.2) is 5.78 Å². The number of ketones is 1. The van der Waals surface area contributed by atoms with Crippen LogP contribution in [0.1, 0.15) is 68.8 Å². The molecule has 8 nitrogen and oxygen atoms in total. The molecule has 1 saturated heterocycles. The number of nitrogens with zero attached hydrogens (tertiary/aromatic N) is 2. The van der Waals surface area contributed by atoms with Gasteiger partial charge < -0.3 is 10.6 Å². The molecule has 210 valence electrons. The van der Waals surface area contributed by atoms with Crippen molar-refractivity contribution in [3.63, 3.8) is 0 Å². The van der Waals surface area contributed by atoms with Crippen molar-refractivity contribution in [2.24, 2.45) is 11.7 Å². The fraction of sp³-hybridized carbons (Fsp3) is 0.258. The van der Waals surface area contributed by atoms with Crippen LogP contribution in [-0.4, -0.2) is 33.5 Å². The van der Waals surface area contributed by atoms with Crippen molar-refractivity contribution in [2.75, 3.05) is 0 Å². The van der Waals surface area contributed by atoms with Gasteiger partial charge in [-0.3, -0.25) is 24.5 Å². The molecule has 0 bridgehead atoms. The number of carbonyl (C=O) groups excluding carboxylic acids is 3. The number of amides is 2. The van der Waals surface area contributed by atoms with E-state index in [4.69, 9.17) is 5.73 Å². The number of rotatable bonds is 7. The van der Waals surface area contributed by atoms with Crippen molar-refractivity contribution >= 4 is 46.0 Å². The van der Waals surface area contributed by atoms with E-state index in [1.165, 1.54) is 45.8 Å². The van der Waals surface area contributed by atoms with E-state index in [1.807, 2.05) is 24.3 Å². The minimum Gasteiger partial charge on any atom is -0.368 e. The molecule has 1 aliphatic heterocycles. The number of primary amides is 1. The number of benzene rings is 2. The van der Waals surface area contributed by atoms with Crippen LogP contribution in [0.3, 0.4) is 0 Å². The number of nitro groups is 1. The fourth-order valence-corrected chi connectivity index (χ4v) is 7.06. The molecule has 0 radical (unpaired) electrons. The number of Topliss-reactive ketones (excluding diaryl/α,β-unsaturated/α-hetero) is 1. The number of non-ortho nitro benzene ring substituents is 1. The van der Waals surface area contributed by atoms with Gasteiger partial charge in [0, 0.05) is 18.1 Å². The van der Waals surface area contributed by atoms with Crippen LogP contribution < -0.4 is 5.73 Å². The van der Waals surface area contributed by atoms with Gasteiger partial charge in [-0.15, -0.1) is 22.7 Å². The number of nitro benzene ring substituents is 1. The standard InChI is InChI=1S/C31H29N3O5S2/c1-31(2,3)20-13-11-18(12-14-20)24-25(28(35)22-9-5-15-40-22)26(19-7-4-8-21(17-19)34(38)39)33(27(24)29(32)36)30(37)23-10-6-16-41-23/h4-17,24-27H,1-3H3,(H2,32,36). The van der Waals surface area contributed by atoms with Crippen LogP contribution in [0.25, 0.3) is 0 Å². The summed E-state index contributed by atoms with van der Waals surface area (Å²) in [7, 11) is 0. The van der Waals surface area contributed by atoms with Crippen molar-refractivity contribution in [1.29, 1.82) is 0 Å². The fourth-order valence-electron chi connectivity index (χ4n) is 5.68. The Morgan fingerprint density at radius 1 is 0.878 bits per heavy atom. The van der Waals surface area contributed by atoms with Crippen LogP contribution in [0.15, 0.2) is 83.6 Å². The van der Waals surface area contributed by atoms with Crippen LogP contribution in [0.4, 0.5) is 5.69 Å². The van der Waals surface area contributed by atoms with Crippen LogP contribution >= 0.6 is 22.7 Å². The largest absolute Gasteiger partial charge is 0.368 e. The Bertz CT molecular complexity index is 1590. The predicted molar refractivity (Wildman–Crippen MR) is 159 cm³/mol. The summed E-state index contributed by atoms with van der Waals surface area (Å²) in [6, 6.07) is 18.3. The zero-order valence-electron chi connectivity index (χ0n) is 22.7. The average Bonchev–Trinajstić information content (AvgIpc) is 3.72. The lowest BCUT2D eigenvalue weighted by Gasteiger charge is -2.30. The smallest absolute Gasteiger partial charge is 0.269 e. The third kappa shape index (κ3) is 5.32. The molecule has 2 aromatic heterocycles. The summed E-state index contributed by atoms with van der Waals surface area (Å²) in [6.45, 7) is 6.27. The lowest BCUT2D eigenvalue weighted by molar-refractivity contribution is -0.385. The number of likely N-dealkylation sites (tertiary alicyclic amines) is 1. The Balaban J connectivity index is 1.77. The van der Waals surface area contributed by atoms with E-state index in [2.05, 4.69) is 20.8 Å². The summed E-state index contributed by atoms with van der Waals surface area (Å²) in [5.41, 5.74) is 7.90. The summed E-state index contributed by atoms with van der Waals surface area (Å²) in [4.78, 5) is 55.2. The van der Waals surface area contributed by atoms with Crippen molar-refractivity contribution in [3.8, 4) is 0 Å². The van der Waals surface area contributed by atoms with E-state index in [1.54, 1.807) is 41.1 Å². The molecule has 4 unspecified atom stereocenters. The maximum atomic E-state index is 14.3. The molecule has 0 spiro atoms. The van der Waals surface area contributed by atoms with Crippen molar-refractivity contribution in [2.45, 2.75) is 44.2 Å². The molecule has 0 saturated carbocycles. The minimum atomic E-state index is -1.18. The molecule has 2 amide bonds. The van der Waals surface area contributed by atoms with Crippen LogP contribution in [0.5, 0.6) is 0 Å². The highest BCUT2D eigenvalue weighted by Gasteiger charge is 2.57. The second-order valence-corrected chi connectivity index (χ2v) is 13.0. The minimum absolute atomic E-state index is 0.129. The molecular formula is C31H29N3O5S2. The van der Waals surface area contributed by atoms with Crippen LogP contribution in [-0.2, 0) is 10.2 Å². The lowest BCUT2D eigenvalue weighted by atomic mass is 9.76. The normalized spacial score (nSPS) is 20.6. The van der Waals surface area contributed by atoms with Crippen molar-refractivity contribution < 1.29 is 19.3 Å². The van der Waals surface area contributed by atoms with Crippen molar-refractivity contribution in [1.82, 2.24) is 4.90 Å². The molecular weight excluding hydrogens is 558 g/mol. The molecule has 2 aromatic carbocycles. The molecule has 4 aromatic rings. The van der Waals surface area contributed by atoms with Gasteiger partial charge in [0.1, 0.15) is 6.04 Å². The first-order valence-corrected chi connectivity index (χ1v) is 14.8. The molecule has 10 heteroatoms. The van der Waals surface area contributed by atoms with Crippen LogP contribution in [0.2, 0.25) is 0 Å². The van der Waals surface area contributed by atoms with E-state index < -0.39 is 40.7 Å². The van der Waals surface area contributed by atoms with Crippen molar-refractivity contribution in [3.05, 3.63) is 120 Å². The second-order valence-electron chi connectivity index (χ2n) is 11.1. The number of carbonyl (C=O) groups is 3. The molecule has 0 aliphatic carbocycles. The van der Waals surface area contributed by atoms with E-state index in [0.29, 0.717) is 20.9 Å². The number of thiophene rings is 2. The summed E-state index contributed by atoms with van der Waals surface area (Å²) < 4.78 is 0. The second kappa shape index (κ2) is 11.0. The third-order valence-electron chi connectivity index (χ3n) is 7.58.